The van der Waals surface area contributed by atoms with Gasteiger partial charge in [0.25, 0.3) is 5.91 Å². The minimum Gasteiger partial charge on any atom is -0.493 e. The number of hydrogen-bond donors (Lipinski definition) is 3. The van der Waals surface area contributed by atoms with E-state index in [0.717, 1.165) is 16.8 Å². The van der Waals surface area contributed by atoms with E-state index in [2.05, 4.69) is 20.5 Å². The molecule has 6 nitrogen and oxygen atoms in total. The van der Waals surface area contributed by atoms with Crippen LogP contribution in [0.4, 0.5) is 11.4 Å². The highest BCUT2D eigenvalue weighted by Gasteiger charge is 2.11. The lowest BCUT2D eigenvalue weighted by Gasteiger charge is -2.07. The van der Waals surface area contributed by atoms with Crippen molar-refractivity contribution in [3.8, 4) is 5.88 Å². The van der Waals surface area contributed by atoms with E-state index in [4.69, 9.17) is 11.6 Å². The van der Waals surface area contributed by atoms with Crippen LogP contribution in [0.5, 0.6) is 5.88 Å². The fourth-order valence-corrected chi connectivity index (χ4v) is 3.03. The molecular formula is C22H17ClN4O2. The number of nitrogens with one attached hydrogen (secondary N) is 2. The van der Waals surface area contributed by atoms with Crippen LogP contribution in [0.3, 0.4) is 0 Å². The van der Waals surface area contributed by atoms with Gasteiger partial charge < -0.3 is 15.4 Å². The predicted octanol–water partition coefficient (Wildman–Crippen LogP) is 6.06. The van der Waals surface area contributed by atoms with Gasteiger partial charge in [0.15, 0.2) is 5.69 Å². The normalized spacial score (nSPS) is 11.2. The second-order valence-corrected chi connectivity index (χ2v) is 6.87. The molecule has 3 N–H and O–H groups in total. The molecule has 29 heavy (non-hydrogen) atoms. The first-order valence-electron chi connectivity index (χ1n) is 8.94. The van der Waals surface area contributed by atoms with E-state index in [0.29, 0.717) is 22.5 Å². The number of fused-ring (bicyclic) bond motifs is 1. The van der Waals surface area contributed by atoms with Gasteiger partial charge in [-0.25, -0.2) is 0 Å². The average Bonchev–Trinajstić information content (AvgIpc) is 3.07. The molecule has 0 fully saturated rings. The van der Waals surface area contributed by atoms with Gasteiger partial charge in [0.2, 0.25) is 5.88 Å². The first-order chi connectivity index (χ1) is 14.1. The van der Waals surface area contributed by atoms with Crippen LogP contribution in [0.15, 0.2) is 83.0 Å². The van der Waals surface area contributed by atoms with Crippen molar-refractivity contribution in [1.29, 1.82) is 0 Å². The minimum atomic E-state index is -0.487. The third-order valence-corrected chi connectivity index (χ3v) is 4.69. The summed E-state index contributed by atoms with van der Waals surface area (Å²) < 4.78 is 0. The maximum Gasteiger partial charge on any atom is 0.295 e. The highest BCUT2D eigenvalue weighted by atomic mass is 35.5. The number of carbonyl (C=O) groups is 1. The molecule has 144 valence electrons. The number of amides is 1. The number of para-hydroxylation sites is 1. The van der Waals surface area contributed by atoms with Gasteiger partial charge >= 0.3 is 0 Å². The Kier molecular flexibility index (Phi) is 5.27. The van der Waals surface area contributed by atoms with Crippen molar-refractivity contribution in [3.05, 3.63) is 88.9 Å². The lowest BCUT2D eigenvalue weighted by atomic mass is 10.2. The molecule has 0 aliphatic carbocycles. The van der Waals surface area contributed by atoms with Gasteiger partial charge in [-0.15, -0.1) is 10.2 Å². The first kappa shape index (κ1) is 18.7. The van der Waals surface area contributed by atoms with Gasteiger partial charge in [0.1, 0.15) is 0 Å². The Morgan fingerprint density at radius 1 is 1.00 bits per heavy atom. The third-order valence-electron chi connectivity index (χ3n) is 4.44. The van der Waals surface area contributed by atoms with Crippen LogP contribution < -0.4 is 5.32 Å². The summed E-state index contributed by atoms with van der Waals surface area (Å²) in [4.78, 5) is 15.1. The van der Waals surface area contributed by atoms with Crippen LogP contribution in [0.25, 0.3) is 10.9 Å². The molecule has 4 rings (SSSR count). The number of benzene rings is 3. The summed E-state index contributed by atoms with van der Waals surface area (Å²) in [6.07, 6.45) is 0. The topological polar surface area (TPSA) is 89.8 Å². The van der Waals surface area contributed by atoms with Gasteiger partial charge in [-0.3, -0.25) is 4.79 Å². The van der Waals surface area contributed by atoms with Crippen molar-refractivity contribution in [3.63, 3.8) is 0 Å². The standard InChI is InChI=1S/C22H17ClN4O2/c23-16-9-5-14(6-10-16)13-24-17-11-7-15(8-12-17)21(28)27-26-20-18-3-1-2-4-19(18)25-22(20)29/h1-12,24-25,29H,13H2. The Morgan fingerprint density at radius 2 is 1.72 bits per heavy atom. The molecule has 0 unspecified atom stereocenters. The Hall–Kier alpha value is -3.64. The summed E-state index contributed by atoms with van der Waals surface area (Å²) in [5.74, 6) is -0.608. The number of anilines is 1. The quantitative estimate of drug-likeness (QED) is 0.353. The maximum absolute atomic E-state index is 12.3. The molecule has 7 heteroatoms. The maximum atomic E-state index is 12.3. The smallest absolute Gasteiger partial charge is 0.295 e. The number of azo groups is 1. The Labute approximate surface area is 171 Å². The molecule has 1 aromatic heterocycles. The fourth-order valence-electron chi connectivity index (χ4n) is 2.90. The monoisotopic (exact) mass is 404 g/mol. The summed E-state index contributed by atoms with van der Waals surface area (Å²) >= 11 is 5.89. The molecule has 0 spiro atoms. The van der Waals surface area contributed by atoms with Crippen LogP contribution in [0.1, 0.15) is 15.9 Å². The number of nitrogens with zero attached hydrogens (tertiary/aromatic N) is 2. The van der Waals surface area contributed by atoms with Crippen LogP contribution in [0.2, 0.25) is 5.02 Å². The SMILES string of the molecule is O=C(N=Nc1c(O)[nH]c2ccccc12)c1ccc(NCc2ccc(Cl)cc2)cc1. The summed E-state index contributed by atoms with van der Waals surface area (Å²) in [5, 5.41) is 22.4. The van der Waals surface area contributed by atoms with Crippen LogP contribution in [-0.2, 0) is 6.54 Å². The molecule has 0 atom stereocenters. The predicted molar refractivity (Wildman–Crippen MR) is 114 cm³/mol. The van der Waals surface area contributed by atoms with E-state index in [1.807, 2.05) is 54.6 Å². The van der Waals surface area contributed by atoms with Gasteiger partial charge in [-0.1, -0.05) is 41.9 Å². The number of aromatic hydroxyl groups is 1. The second-order valence-electron chi connectivity index (χ2n) is 6.43. The third kappa shape index (κ3) is 4.28. The van der Waals surface area contributed by atoms with Crippen molar-refractivity contribution in [1.82, 2.24) is 4.98 Å². The summed E-state index contributed by atoms with van der Waals surface area (Å²) in [6.45, 7) is 0.643. The van der Waals surface area contributed by atoms with Gasteiger partial charge in [-0.05, 0) is 48.0 Å². The largest absolute Gasteiger partial charge is 0.493 e. The number of halogens is 1. The van der Waals surface area contributed by atoms with Crippen LogP contribution in [-0.4, -0.2) is 16.0 Å². The van der Waals surface area contributed by atoms with E-state index >= 15 is 0 Å². The molecular weight excluding hydrogens is 388 g/mol. The number of carbonyl (C=O) groups excluding carboxylic acids is 1. The Morgan fingerprint density at radius 3 is 2.48 bits per heavy atom. The van der Waals surface area contributed by atoms with Crippen LogP contribution >= 0.6 is 11.6 Å². The molecule has 1 amide bonds. The van der Waals surface area contributed by atoms with Gasteiger partial charge in [0, 0.05) is 28.2 Å². The number of aromatic nitrogens is 1. The number of aromatic amines is 1. The van der Waals surface area contributed by atoms with Gasteiger partial charge in [0.05, 0.1) is 5.52 Å². The molecule has 1 heterocycles. The van der Waals surface area contributed by atoms with Crippen molar-refractivity contribution in [2.45, 2.75) is 6.54 Å². The lowest BCUT2D eigenvalue weighted by molar-refractivity contribution is 0.0995. The number of hydrogen-bond acceptors (Lipinski definition) is 4. The van der Waals surface area contributed by atoms with Crippen molar-refractivity contribution >= 4 is 39.8 Å². The molecule has 0 saturated heterocycles. The van der Waals surface area contributed by atoms with Crippen LogP contribution in [0, 0.1) is 0 Å². The molecule has 0 radical (unpaired) electrons. The number of H-pyrrole nitrogens is 1. The lowest BCUT2D eigenvalue weighted by Crippen LogP contribution is -2.00. The summed E-state index contributed by atoms with van der Waals surface area (Å²) in [7, 11) is 0. The molecule has 0 aliphatic heterocycles. The highest BCUT2D eigenvalue weighted by Crippen LogP contribution is 2.35. The molecule has 0 saturated carbocycles. The minimum absolute atomic E-state index is 0.121. The second kappa shape index (κ2) is 8.16. The fraction of sp³-hybridized carbons (Fsp3) is 0.0455. The van der Waals surface area contributed by atoms with Crippen molar-refractivity contribution in [2.24, 2.45) is 10.2 Å². The van der Waals surface area contributed by atoms with Crippen molar-refractivity contribution in [2.75, 3.05) is 5.32 Å². The Bertz CT molecular complexity index is 1180. The number of rotatable bonds is 5. The van der Waals surface area contributed by atoms with E-state index < -0.39 is 5.91 Å². The zero-order valence-electron chi connectivity index (χ0n) is 15.3. The van der Waals surface area contributed by atoms with E-state index in [1.54, 1.807) is 18.2 Å². The van der Waals surface area contributed by atoms with E-state index in [1.165, 1.54) is 0 Å². The summed E-state index contributed by atoms with van der Waals surface area (Å²) in [5.41, 5.74) is 3.35. The zero-order valence-corrected chi connectivity index (χ0v) is 16.0. The first-order valence-corrected chi connectivity index (χ1v) is 9.32. The van der Waals surface area contributed by atoms with E-state index in [-0.39, 0.29) is 11.6 Å². The zero-order chi connectivity index (χ0) is 20.2. The van der Waals surface area contributed by atoms with Crippen molar-refractivity contribution < 1.29 is 9.90 Å². The van der Waals surface area contributed by atoms with Gasteiger partial charge in [-0.2, -0.15) is 0 Å². The highest BCUT2D eigenvalue weighted by molar-refractivity contribution is 6.30. The average molecular weight is 405 g/mol. The van der Waals surface area contributed by atoms with E-state index in [9.17, 15) is 9.90 Å². The molecule has 3 aromatic carbocycles. The molecule has 0 aliphatic rings. The molecule has 0 bridgehead atoms. The Balaban J connectivity index is 1.43. The molecule has 4 aromatic rings. The summed E-state index contributed by atoms with van der Waals surface area (Å²) in [6, 6.07) is 21.8.